The molecule has 0 spiro atoms. The van der Waals surface area contributed by atoms with Crippen LogP contribution in [0.3, 0.4) is 0 Å². The first-order chi connectivity index (χ1) is 9.20. The number of hydrogen-bond acceptors (Lipinski definition) is 6. The number of ether oxygens (including phenoxy) is 2. The zero-order chi connectivity index (χ0) is 13.7. The zero-order valence-electron chi connectivity index (χ0n) is 10.8. The van der Waals surface area contributed by atoms with Crippen LogP contribution in [0.4, 0.5) is 5.95 Å². The van der Waals surface area contributed by atoms with Crippen molar-refractivity contribution in [2.75, 3.05) is 32.2 Å². The van der Waals surface area contributed by atoms with Gasteiger partial charge in [-0.05, 0) is 19.3 Å². The van der Waals surface area contributed by atoms with E-state index in [9.17, 15) is 4.79 Å². The first kappa shape index (κ1) is 13.5. The maximum absolute atomic E-state index is 10.6. The number of hydrogen-bond donors (Lipinski definition) is 2. The molecule has 1 aromatic rings. The van der Waals surface area contributed by atoms with Crippen LogP contribution >= 0.6 is 0 Å². The van der Waals surface area contributed by atoms with Gasteiger partial charge >= 0.3 is 5.97 Å². The number of carbonyl (C=O) groups is 1. The van der Waals surface area contributed by atoms with Gasteiger partial charge in [0.05, 0.1) is 12.3 Å². The molecule has 2 rings (SSSR count). The van der Waals surface area contributed by atoms with Gasteiger partial charge < -0.3 is 19.9 Å². The molecule has 0 aromatic carbocycles. The van der Waals surface area contributed by atoms with Crippen molar-refractivity contribution in [2.24, 2.45) is 0 Å². The van der Waals surface area contributed by atoms with Gasteiger partial charge in [-0.3, -0.25) is 0 Å². The molecule has 0 radical (unpaired) electrons. The van der Waals surface area contributed by atoms with Gasteiger partial charge in [0.25, 0.3) is 0 Å². The van der Waals surface area contributed by atoms with Gasteiger partial charge in [-0.1, -0.05) is 0 Å². The predicted molar refractivity (Wildman–Crippen MR) is 67.6 cm³/mol. The first-order valence-electron chi connectivity index (χ1n) is 6.18. The fourth-order valence-electron chi connectivity index (χ4n) is 1.99. The summed E-state index contributed by atoms with van der Waals surface area (Å²) in [7, 11) is 1.62. The molecular formula is C12H17N3O4. The summed E-state index contributed by atoms with van der Waals surface area (Å²) in [5, 5.41) is 11.7. The predicted octanol–water partition coefficient (Wildman–Crippen LogP) is 0.487. The van der Waals surface area contributed by atoms with Gasteiger partial charge in [0.1, 0.15) is 0 Å². The Labute approximate surface area is 111 Å². The Bertz CT molecular complexity index is 465. The summed E-state index contributed by atoms with van der Waals surface area (Å²) in [4.78, 5) is 19.2. The third-order valence-corrected chi connectivity index (χ3v) is 2.82. The quantitative estimate of drug-likeness (QED) is 0.694. The molecule has 1 aliphatic carbocycles. The monoisotopic (exact) mass is 267 g/mol. The minimum absolute atomic E-state index is 0.379. The lowest BCUT2D eigenvalue weighted by Crippen LogP contribution is -2.15. The van der Waals surface area contributed by atoms with Gasteiger partial charge in [-0.15, -0.1) is 0 Å². The third kappa shape index (κ3) is 3.54. The Kier molecular flexibility index (Phi) is 4.51. The van der Waals surface area contributed by atoms with E-state index in [1.165, 1.54) is 0 Å². The van der Waals surface area contributed by atoms with Crippen LogP contribution in [-0.2, 0) is 22.4 Å². The molecule has 2 N–H and O–H groups in total. The topological polar surface area (TPSA) is 93.6 Å². The smallest absolute Gasteiger partial charge is 0.341 e. The second-order valence-corrected chi connectivity index (χ2v) is 4.23. The van der Waals surface area contributed by atoms with Crippen LogP contribution in [0.25, 0.3) is 0 Å². The summed E-state index contributed by atoms with van der Waals surface area (Å²) in [6.45, 7) is 0.750. The highest BCUT2D eigenvalue weighted by atomic mass is 16.5. The van der Waals surface area contributed by atoms with Crippen molar-refractivity contribution in [3.63, 3.8) is 0 Å². The van der Waals surface area contributed by atoms with Crippen molar-refractivity contribution in [1.29, 1.82) is 0 Å². The molecule has 0 bridgehead atoms. The fraction of sp³-hybridized carbons (Fsp3) is 0.583. The van der Waals surface area contributed by atoms with E-state index in [-0.39, 0.29) is 6.61 Å². The molecular weight excluding hydrogens is 250 g/mol. The van der Waals surface area contributed by atoms with Crippen molar-refractivity contribution in [3.8, 4) is 5.88 Å². The van der Waals surface area contributed by atoms with Crippen LogP contribution in [0.15, 0.2) is 0 Å². The lowest BCUT2D eigenvalue weighted by molar-refractivity contribution is -0.139. The van der Waals surface area contributed by atoms with Crippen LogP contribution in [0.1, 0.15) is 17.7 Å². The van der Waals surface area contributed by atoms with Crippen molar-refractivity contribution in [3.05, 3.63) is 11.3 Å². The number of nitrogens with one attached hydrogen (secondary N) is 1. The Morgan fingerprint density at radius 1 is 1.42 bits per heavy atom. The Hall–Kier alpha value is -1.89. The van der Waals surface area contributed by atoms with E-state index in [4.69, 9.17) is 14.6 Å². The summed E-state index contributed by atoms with van der Waals surface area (Å²) in [5.74, 6) is -0.179. The highest BCUT2D eigenvalue weighted by Crippen LogP contribution is 2.28. The molecule has 104 valence electrons. The minimum atomic E-state index is -1.01. The van der Waals surface area contributed by atoms with Gasteiger partial charge in [-0.2, -0.15) is 4.98 Å². The number of fused-ring (bicyclic) bond motifs is 1. The van der Waals surface area contributed by atoms with Crippen molar-refractivity contribution in [1.82, 2.24) is 9.97 Å². The van der Waals surface area contributed by atoms with Gasteiger partial charge in [0.15, 0.2) is 6.61 Å². The Balaban J connectivity index is 2.12. The van der Waals surface area contributed by atoms with Crippen LogP contribution in [0, 0.1) is 0 Å². The average molecular weight is 267 g/mol. The number of carboxylic acid groups (broad SMARTS) is 1. The standard InChI is InChI=1S/C12H17N3O4/c1-18-6-5-13-12-14-9-4-2-3-8(9)11(15-12)19-7-10(16)17/h2-7H2,1H3,(H,16,17)(H,13,14,15). The minimum Gasteiger partial charge on any atom is -0.479 e. The molecule has 1 aromatic heterocycles. The largest absolute Gasteiger partial charge is 0.479 e. The molecule has 0 unspecified atom stereocenters. The molecule has 0 saturated carbocycles. The molecule has 1 aliphatic rings. The van der Waals surface area contributed by atoms with E-state index >= 15 is 0 Å². The number of rotatable bonds is 7. The summed E-state index contributed by atoms with van der Waals surface area (Å²) in [5.41, 5.74) is 1.87. The van der Waals surface area contributed by atoms with E-state index in [0.29, 0.717) is 25.0 Å². The van der Waals surface area contributed by atoms with Crippen LogP contribution in [0.2, 0.25) is 0 Å². The number of aliphatic carboxylic acids is 1. The number of anilines is 1. The van der Waals surface area contributed by atoms with E-state index in [1.807, 2.05) is 0 Å². The zero-order valence-corrected chi connectivity index (χ0v) is 10.8. The molecule has 7 heteroatoms. The van der Waals surface area contributed by atoms with Crippen LogP contribution in [-0.4, -0.2) is 47.9 Å². The molecule has 7 nitrogen and oxygen atoms in total. The van der Waals surface area contributed by atoms with Crippen molar-refractivity contribution >= 4 is 11.9 Å². The SMILES string of the molecule is COCCNc1nc2c(c(OCC(=O)O)n1)CCC2. The number of methoxy groups -OCH3 is 1. The molecule has 0 amide bonds. The van der Waals surface area contributed by atoms with Crippen LogP contribution in [0.5, 0.6) is 5.88 Å². The molecule has 0 aliphatic heterocycles. The number of aryl methyl sites for hydroxylation is 1. The molecule has 0 atom stereocenters. The molecule has 0 saturated heterocycles. The van der Waals surface area contributed by atoms with Crippen LogP contribution < -0.4 is 10.1 Å². The second-order valence-electron chi connectivity index (χ2n) is 4.23. The van der Waals surface area contributed by atoms with E-state index in [1.54, 1.807) is 7.11 Å². The highest BCUT2D eigenvalue weighted by molar-refractivity contribution is 5.68. The molecule has 0 fully saturated rings. The lowest BCUT2D eigenvalue weighted by Gasteiger charge is -2.11. The third-order valence-electron chi connectivity index (χ3n) is 2.82. The Morgan fingerprint density at radius 2 is 2.26 bits per heavy atom. The maximum atomic E-state index is 10.6. The highest BCUT2D eigenvalue weighted by Gasteiger charge is 2.20. The summed E-state index contributed by atoms with van der Waals surface area (Å²) < 4.78 is 10.2. The number of aromatic nitrogens is 2. The van der Waals surface area contributed by atoms with Gasteiger partial charge in [0, 0.05) is 19.2 Å². The Morgan fingerprint density at radius 3 is 3.00 bits per heavy atom. The summed E-state index contributed by atoms with van der Waals surface area (Å²) >= 11 is 0. The summed E-state index contributed by atoms with van der Waals surface area (Å²) in [6.07, 6.45) is 2.71. The fourth-order valence-corrected chi connectivity index (χ4v) is 1.99. The molecule has 1 heterocycles. The number of carboxylic acids is 1. The van der Waals surface area contributed by atoms with E-state index in [2.05, 4.69) is 15.3 Å². The maximum Gasteiger partial charge on any atom is 0.341 e. The average Bonchev–Trinajstić information content (AvgIpc) is 2.84. The van der Waals surface area contributed by atoms with Gasteiger partial charge in [-0.25, -0.2) is 9.78 Å². The number of nitrogens with zero attached hydrogens (tertiary/aromatic N) is 2. The van der Waals surface area contributed by atoms with E-state index < -0.39 is 5.97 Å². The molecule has 19 heavy (non-hydrogen) atoms. The normalized spacial score (nSPS) is 13.1. The van der Waals surface area contributed by atoms with Gasteiger partial charge in [0.2, 0.25) is 11.8 Å². The lowest BCUT2D eigenvalue weighted by atomic mass is 10.2. The summed E-state index contributed by atoms with van der Waals surface area (Å²) in [6, 6.07) is 0. The van der Waals surface area contributed by atoms with Crippen molar-refractivity contribution in [2.45, 2.75) is 19.3 Å². The second kappa shape index (κ2) is 6.33. The first-order valence-corrected chi connectivity index (χ1v) is 6.18. The van der Waals surface area contributed by atoms with E-state index in [0.717, 1.165) is 30.5 Å². The van der Waals surface area contributed by atoms with Crippen molar-refractivity contribution < 1.29 is 19.4 Å².